The highest BCUT2D eigenvalue weighted by molar-refractivity contribution is 5.79. The first-order valence-corrected chi connectivity index (χ1v) is 12.2. The van der Waals surface area contributed by atoms with Gasteiger partial charge in [0.15, 0.2) is 0 Å². The Balaban J connectivity index is 1.17. The van der Waals surface area contributed by atoms with Crippen LogP contribution >= 0.6 is 0 Å². The predicted molar refractivity (Wildman–Crippen MR) is 133 cm³/mol. The van der Waals surface area contributed by atoms with E-state index in [2.05, 4.69) is 41.0 Å². The molecular formula is C27H36N4O3. The highest BCUT2D eigenvalue weighted by Gasteiger charge is 2.26. The minimum Gasteiger partial charge on any atom is -0.497 e. The number of piperazine rings is 2. The van der Waals surface area contributed by atoms with Crippen molar-refractivity contribution < 1.29 is 14.3 Å². The van der Waals surface area contributed by atoms with Crippen LogP contribution in [0.2, 0.25) is 0 Å². The third-order valence-corrected chi connectivity index (χ3v) is 6.95. The lowest BCUT2D eigenvalue weighted by Crippen LogP contribution is -2.54. The maximum atomic E-state index is 12.9. The van der Waals surface area contributed by atoms with Gasteiger partial charge in [-0.05, 0) is 35.7 Å². The standard InChI is InChI=1S/C27H36N4O3/c1-22-6-3-4-8-24(22)20-28-10-16-31(17-11-28)27(33)21-29-12-14-30(15-13-29)26(32)19-23-7-5-9-25(18-23)34-2/h3-9,18H,10-17,19-21H2,1-2H3. The Morgan fingerprint density at radius 1 is 0.794 bits per heavy atom. The molecule has 2 aromatic rings. The molecule has 34 heavy (non-hydrogen) atoms. The summed E-state index contributed by atoms with van der Waals surface area (Å²) in [6.07, 6.45) is 0.378. The molecule has 2 saturated heterocycles. The largest absolute Gasteiger partial charge is 0.497 e. The molecule has 2 fully saturated rings. The van der Waals surface area contributed by atoms with Crippen LogP contribution in [-0.4, -0.2) is 97.4 Å². The van der Waals surface area contributed by atoms with Crippen LogP contribution in [0, 0.1) is 6.92 Å². The van der Waals surface area contributed by atoms with Crippen molar-refractivity contribution in [2.24, 2.45) is 0 Å². The summed E-state index contributed by atoms with van der Waals surface area (Å²) in [7, 11) is 1.63. The second kappa shape index (κ2) is 11.5. The average Bonchev–Trinajstić information content (AvgIpc) is 2.86. The van der Waals surface area contributed by atoms with Crippen LogP contribution in [0.5, 0.6) is 5.75 Å². The van der Waals surface area contributed by atoms with E-state index < -0.39 is 0 Å². The van der Waals surface area contributed by atoms with Crippen LogP contribution in [0.3, 0.4) is 0 Å². The van der Waals surface area contributed by atoms with Gasteiger partial charge in [0.25, 0.3) is 0 Å². The maximum Gasteiger partial charge on any atom is 0.236 e. The predicted octanol–water partition coefficient (Wildman–Crippen LogP) is 2.03. The third kappa shape index (κ3) is 6.36. The number of hydrogen-bond donors (Lipinski definition) is 0. The molecule has 2 amide bonds. The summed E-state index contributed by atoms with van der Waals surface area (Å²) in [5.41, 5.74) is 3.65. The van der Waals surface area contributed by atoms with Crippen LogP contribution in [0.4, 0.5) is 0 Å². The SMILES string of the molecule is COc1cccc(CC(=O)N2CCN(CC(=O)N3CCN(Cc4ccccc4C)CC3)CC2)c1. The molecule has 2 heterocycles. The fourth-order valence-corrected chi connectivity index (χ4v) is 4.70. The van der Waals surface area contributed by atoms with Gasteiger partial charge in [0.1, 0.15) is 5.75 Å². The van der Waals surface area contributed by atoms with E-state index in [4.69, 9.17) is 4.74 Å². The molecule has 0 radical (unpaired) electrons. The number of rotatable bonds is 7. The zero-order chi connectivity index (χ0) is 23.9. The van der Waals surface area contributed by atoms with Crippen molar-refractivity contribution in [1.82, 2.24) is 19.6 Å². The zero-order valence-electron chi connectivity index (χ0n) is 20.4. The van der Waals surface area contributed by atoms with E-state index in [0.717, 1.165) is 57.1 Å². The molecule has 2 aliphatic rings. The van der Waals surface area contributed by atoms with E-state index >= 15 is 0 Å². The van der Waals surface area contributed by atoms with Gasteiger partial charge >= 0.3 is 0 Å². The minimum atomic E-state index is 0.129. The van der Waals surface area contributed by atoms with Crippen molar-refractivity contribution >= 4 is 11.8 Å². The molecule has 182 valence electrons. The lowest BCUT2D eigenvalue weighted by molar-refractivity contribution is -0.136. The van der Waals surface area contributed by atoms with Crippen molar-refractivity contribution in [1.29, 1.82) is 0 Å². The Morgan fingerprint density at radius 3 is 2.12 bits per heavy atom. The summed E-state index contributed by atoms with van der Waals surface area (Å²) >= 11 is 0. The summed E-state index contributed by atoms with van der Waals surface area (Å²) < 4.78 is 5.25. The monoisotopic (exact) mass is 464 g/mol. The summed E-state index contributed by atoms with van der Waals surface area (Å²) in [6, 6.07) is 16.2. The van der Waals surface area contributed by atoms with Crippen molar-refractivity contribution in [3.05, 3.63) is 65.2 Å². The molecule has 0 N–H and O–H groups in total. The fraction of sp³-hybridized carbons (Fsp3) is 0.481. The Labute approximate surface area is 202 Å². The summed E-state index contributed by atoms with van der Waals surface area (Å²) in [6.45, 7) is 9.73. The highest BCUT2D eigenvalue weighted by atomic mass is 16.5. The number of aryl methyl sites for hydroxylation is 1. The molecule has 7 heteroatoms. The molecule has 2 aromatic carbocycles. The number of methoxy groups -OCH3 is 1. The van der Waals surface area contributed by atoms with Crippen LogP contribution in [0.1, 0.15) is 16.7 Å². The first kappa shape index (κ1) is 24.2. The Morgan fingerprint density at radius 2 is 1.44 bits per heavy atom. The normalized spacial score (nSPS) is 17.6. The van der Waals surface area contributed by atoms with Crippen LogP contribution in [0.15, 0.2) is 48.5 Å². The molecular weight excluding hydrogens is 428 g/mol. The van der Waals surface area contributed by atoms with Gasteiger partial charge in [0.2, 0.25) is 11.8 Å². The first-order valence-electron chi connectivity index (χ1n) is 12.2. The van der Waals surface area contributed by atoms with Gasteiger partial charge in [0.05, 0.1) is 20.1 Å². The number of benzene rings is 2. The quantitative estimate of drug-likeness (QED) is 0.628. The van der Waals surface area contributed by atoms with Crippen molar-refractivity contribution in [2.45, 2.75) is 19.9 Å². The van der Waals surface area contributed by atoms with Gasteiger partial charge in [-0.25, -0.2) is 0 Å². The van der Waals surface area contributed by atoms with Gasteiger partial charge in [-0.15, -0.1) is 0 Å². The van der Waals surface area contributed by atoms with Gasteiger partial charge in [-0.2, -0.15) is 0 Å². The third-order valence-electron chi connectivity index (χ3n) is 6.95. The van der Waals surface area contributed by atoms with E-state index in [-0.39, 0.29) is 11.8 Å². The lowest BCUT2D eigenvalue weighted by atomic mass is 10.1. The van der Waals surface area contributed by atoms with E-state index in [1.54, 1.807) is 7.11 Å². The highest BCUT2D eigenvalue weighted by Crippen LogP contribution is 2.15. The summed E-state index contributed by atoms with van der Waals surface area (Å²) in [5, 5.41) is 0. The van der Waals surface area contributed by atoms with Crippen molar-refractivity contribution in [3.8, 4) is 5.75 Å². The molecule has 0 saturated carbocycles. The average molecular weight is 465 g/mol. The fourth-order valence-electron chi connectivity index (χ4n) is 4.70. The minimum absolute atomic E-state index is 0.129. The Kier molecular flexibility index (Phi) is 8.19. The summed E-state index contributed by atoms with van der Waals surface area (Å²) in [4.78, 5) is 34.1. The van der Waals surface area contributed by atoms with Crippen LogP contribution in [0.25, 0.3) is 0 Å². The number of nitrogens with zero attached hydrogens (tertiary/aromatic N) is 4. The topological polar surface area (TPSA) is 56.3 Å². The number of carbonyl (C=O) groups excluding carboxylic acids is 2. The zero-order valence-corrected chi connectivity index (χ0v) is 20.4. The Hall–Kier alpha value is -2.90. The summed E-state index contributed by atoms with van der Waals surface area (Å²) in [5.74, 6) is 1.10. The maximum absolute atomic E-state index is 12.9. The van der Waals surface area contributed by atoms with E-state index in [0.29, 0.717) is 26.1 Å². The molecule has 4 rings (SSSR count). The van der Waals surface area contributed by atoms with Gasteiger partial charge in [-0.1, -0.05) is 36.4 Å². The van der Waals surface area contributed by atoms with Gasteiger partial charge in [0, 0.05) is 58.9 Å². The number of carbonyl (C=O) groups is 2. The second-order valence-electron chi connectivity index (χ2n) is 9.27. The van der Waals surface area contributed by atoms with Crippen LogP contribution in [-0.2, 0) is 22.6 Å². The molecule has 0 spiro atoms. The van der Waals surface area contributed by atoms with E-state index in [1.165, 1.54) is 11.1 Å². The van der Waals surface area contributed by atoms with Crippen LogP contribution < -0.4 is 4.74 Å². The molecule has 0 bridgehead atoms. The van der Waals surface area contributed by atoms with Gasteiger partial charge < -0.3 is 14.5 Å². The van der Waals surface area contributed by atoms with Crippen molar-refractivity contribution in [3.63, 3.8) is 0 Å². The number of ether oxygens (including phenoxy) is 1. The molecule has 0 unspecified atom stereocenters. The molecule has 2 aliphatic heterocycles. The molecule has 0 aromatic heterocycles. The molecule has 0 atom stereocenters. The van der Waals surface area contributed by atoms with Crippen molar-refractivity contribution in [2.75, 3.05) is 66.0 Å². The van der Waals surface area contributed by atoms with E-state index in [9.17, 15) is 9.59 Å². The van der Waals surface area contributed by atoms with E-state index in [1.807, 2.05) is 34.1 Å². The molecule has 7 nitrogen and oxygen atoms in total. The molecule has 0 aliphatic carbocycles. The number of amides is 2. The smallest absolute Gasteiger partial charge is 0.236 e. The van der Waals surface area contributed by atoms with Gasteiger partial charge in [-0.3, -0.25) is 19.4 Å². The number of hydrogen-bond acceptors (Lipinski definition) is 5. The first-order chi connectivity index (χ1) is 16.5. The lowest BCUT2D eigenvalue weighted by Gasteiger charge is -2.38. The second-order valence-corrected chi connectivity index (χ2v) is 9.27. The Bertz CT molecular complexity index is 979.